The average molecular weight is 380 g/mol. The minimum absolute atomic E-state index is 0.147. The number of amides is 3. The summed E-state index contributed by atoms with van der Waals surface area (Å²) in [5.74, 6) is -1.14. The van der Waals surface area contributed by atoms with E-state index >= 15 is 0 Å². The smallest absolute Gasteiger partial charge is 0.248 e. The number of carbonyl (C=O) groups is 3. The monoisotopic (exact) mass is 380 g/mol. The van der Waals surface area contributed by atoms with E-state index in [2.05, 4.69) is 15.5 Å². The number of hydrogen-bond donors (Lipinski definition) is 3. The van der Waals surface area contributed by atoms with Crippen LogP contribution in [0.15, 0.2) is 48.5 Å². The van der Waals surface area contributed by atoms with Crippen LogP contribution in [0.4, 0.5) is 11.4 Å². The second-order valence-electron chi connectivity index (χ2n) is 6.78. The number of nitrogens with two attached hydrogens (primary N) is 1. The van der Waals surface area contributed by atoms with E-state index in [1.165, 1.54) is 0 Å². The SMILES string of the molecule is NC(=O)c1ccc(N2CCCC2)c(NC(=O)CNC(=O)Cc2ccccc2)c1. The van der Waals surface area contributed by atoms with Gasteiger partial charge in [0.15, 0.2) is 0 Å². The second kappa shape index (κ2) is 9.03. The predicted octanol–water partition coefficient (Wildman–Crippen LogP) is 1.68. The van der Waals surface area contributed by atoms with E-state index in [-0.39, 0.29) is 24.8 Å². The van der Waals surface area contributed by atoms with E-state index in [1.807, 2.05) is 30.3 Å². The second-order valence-corrected chi connectivity index (χ2v) is 6.78. The summed E-state index contributed by atoms with van der Waals surface area (Å²) >= 11 is 0. The molecule has 28 heavy (non-hydrogen) atoms. The van der Waals surface area contributed by atoms with Crippen molar-refractivity contribution >= 4 is 29.1 Å². The summed E-state index contributed by atoms with van der Waals surface area (Å²) in [6, 6.07) is 14.4. The quantitative estimate of drug-likeness (QED) is 0.680. The van der Waals surface area contributed by atoms with Crippen LogP contribution in [0.3, 0.4) is 0 Å². The van der Waals surface area contributed by atoms with Crippen LogP contribution < -0.4 is 21.3 Å². The maximum absolute atomic E-state index is 12.4. The Morgan fingerprint density at radius 2 is 1.68 bits per heavy atom. The number of nitrogens with one attached hydrogen (secondary N) is 2. The highest BCUT2D eigenvalue weighted by atomic mass is 16.2. The van der Waals surface area contributed by atoms with Gasteiger partial charge in [-0.05, 0) is 36.6 Å². The van der Waals surface area contributed by atoms with Crippen LogP contribution in [0.25, 0.3) is 0 Å². The molecule has 2 aromatic rings. The predicted molar refractivity (Wildman–Crippen MR) is 108 cm³/mol. The lowest BCUT2D eigenvalue weighted by Crippen LogP contribution is -2.34. The number of nitrogens with zero attached hydrogens (tertiary/aromatic N) is 1. The summed E-state index contributed by atoms with van der Waals surface area (Å²) in [7, 11) is 0. The fraction of sp³-hybridized carbons (Fsp3) is 0.286. The first-order valence-corrected chi connectivity index (χ1v) is 9.32. The number of benzene rings is 2. The van der Waals surface area contributed by atoms with Gasteiger partial charge in [-0.2, -0.15) is 0 Å². The molecule has 0 saturated carbocycles. The number of anilines is 2. The van der Waals surface area contributed by atoms with Gasteiger partial charge in [-0.15, -0.1) is 0 Å². The highest BCUT2D eigenvalue weighted by molar-refractivity contribution is 6.00. The van der Waals surface area contributed by atoms with Crippen LogP contribution in [0.5, 0.6) is 0 Å². The van der Waals surface area contributed by atoms with Crippen molar-refractivity contribution < 1.29 is 14.4 Å². The Morgan fingerprint density at radius 1 is 0.964 bits per heavy atom. The minimum Gasteiger partial charge on any atom is -0.370 e. The first kappa shape index (κ1) is 19.4. The normalized spacial score (nSPS) is 13.2. The number of hydrogen-bond acceptors (Lipinski definition) is 4. The first-order valence-electron chi connectivity index (χ1n) is 9.32. The zero-order chi connectivity index (χ0) is 19.9. The molecule has 1 saturated heterocycles. The van der Waals surface area contributed by atoms with Gasteiger partial charge >= 0.3 is 0 Å². The van der Waals surface area contributed by atoms with Crippen molar-refractivity contribution in [1.29, 1.82) is 0 Å². The lowest BCUT2D eigenvalue weighted by Gasteiger charge is -2.22. The summed E-state index contributed by atoms with van der Waals surface area (Å²) in [6.07, 6.45) is 2.38. The van der Waals surface area contributed by atoms with Crippen LogP contribution in [0.2, 0.25) is 0 Å². The van der Waals surface area contributed by atoms with Gasteiger partial charge in [0.2, 0.25) is 17.7 Å². The Balaban J connectivity index is 1.62. The Morgan fingerprint density at radius 3 is 2.36 bits per heavy atom. The van der Waals surface area contributed by atoms with E-state index in [4.69, 9.17) is 5.73 Å². The van der Waals surface area contributed by atoms with Crippen molar-refractivity contribution in [2.24, 2.45) is 5.73 Å². The summed E-state index contributed by atoms with van der Waals surface area (Å²) < 4.78 is 0. The third-order valence-electron chi connectivity index (χ3n) is 4.66. The van der Waals surface area contributed by atoms with Gasteiger partial charge < -0.3 is 21.3 Å². The Labute approximate surface area is 163 Å². The third kappa shape index (κ3) is 5.09. The molecule has 0 aliphatic carbocycles. The zero-order valence-electron chi connectivity index (χ0n) is 15.6. The molecule has 1 aliphatic heterocycles. The van der Waals surface area contributed by atoms with Gasteiger partial charge in [0, 0.05) is 18.7 Å². The molecule has 146 valence electrons. The van der Waals surface area contributed by atoms with Crippen LogP contribution in [-0.4, -0.2) is 37.4 Å². The molecular formula is C21H24N4O3. The molecule has 0 atom stereocenters. The summed E-state index contributed by atoms with van der Waals surface area (Å²) in [5, 5.41) is 5.42. The molecule has 3 amide bonds. The maximum atomic E-state index is 12.4. The molecule has 2 aromatic carbocycles. The van der Waals surface area contributed by atoms with Crippen molar-refractivity contribution in [2.45, 2.75) is 19.3 Å². The van der Waals surface area contributed by atoms with Crippen molar-refractivity contribution in [3.8, 4) is 0 Å². The molecule has 0 spiro atoms. The number of rotatable bonds is 7. The molecule has 3 rings (SSSR count). The van der Waals surface area contributed by atoms with Crippen LogP contribution >= 0.6 is 0 Å². The van der Waals surface area contributed by atoms with E-state index in [1.54, 1.807) is 18.2 Å². The standard InChI is InChI=1S/C21H24N4O3/c22-21(28)16-8-9-18(25-10-4-5-11-25)17(13-16)24-20(27)14-23-19(26)12-15-6-2-1-3-7-15/h1-3,6-9,13H,4-5,10-12,14H2,(H2,22,28)(H,23,26)(H,24,27). The van der Waals surface area contributed by atoms with Crippen LogP contribution in [0.1, 0.15) is 28.8 Å². The van der Waals surface area contributed by atoms with Crippen LogP contribution in [-0.2, 0) is 16.0 Å². The number of primary amides is 1. The van der Waals surface area contributed by atoms with Gasteiger partial charge in [-0.25, -0.2) is 0 Å². The molecule has 0 aromatic heterocycles. The molecule has 0 bridgehead atoms. The Hall–Kier alpha value is -3.35. The lowest BCUT2D eigenvalue weighted by atomic mass is 10.1. The van der Waals surface area contributed by atoms with E-state index < -0.39 is 5.91 Å². The third-order valence-corrected chi connectivity index (χ3v) is 4.66. The zero-order valence-corrected chi connectivity index (χ0v) is 15.6. The topological polar surface area (TPSA) is 105 Å². The van der Waals surface area contributed by atoms with Crippen molar-refractivity contribution in [3.63, 3.8) is 0 Å². The molecule has 1 heterocycles. The molecular weight excluding hydrogens is 356 g/mol. The van der Waals surface area contributed by atoms with E-state index in [0.29, 0.717) is 11.3 Å². The fourth-order valence-corrected chi connectivity index (χ4v) is 3.24. The lowest BCUT2D eigenvalue weighted by molar-refractivity contribution is -0.123. The first-order chi connectivity index (χ1) is 13.5. The van der Waals surface area contributed by atoms with Crippen molar-refractivity contribution in [3.05, 3.63) is 59.7 Å². The Kier molecular flexibility index (Phi) is 6.26. The van der Waals surface area contributed by atoms with E-state index in [9.17, 15) is 14.4 Å². The van der Waals surface area contributed by atoms with Crippen molar-refractivity contribution in [2.75, 3.05) is 29.9 Å². The minimum atomic E-state index is -0.556. The van der Waals surface area contributed by atoms with Gasteiger partial charge in [0.25, 0.3) is 0 Å². The maximum Gasteiger partial charge on any atom is 0.248 e. The highest BCUT2D eigenvalue weighted by Gasteiger charge is 2.18. The summed E-state index contributed by atoms with van der Waals surface area (Å²) in [6.45, 7) is 1.64. The number of carbonyl (C=O) groups excluding carboxylic acids is 3. The fourth-order valence-electron chi connectivity index (χ4n) is 3.24. The average Bonchev–Trinajstić information content (AvgIpc) is 3.21. The van der Waals surface area contributed by atoms with Gasteiger partial charge in [0.1, 0.15) is 0 Å². The van der Waals surface area contributed by atoms with Gasteiger partial charge in [-0.1, -0.05) is 30.3 Å². The van der Waals surface area contributed by atoms with Crippen LogP contribution in [0, 0.1) is 0 Å². The van der Waals surface area contributed by atoms with Gasteiger partial charge in [0.05, 0.1) is 24.3 Å². The summed E-state index contributed by atoms with van der Waals surface area (Å²) in [5.41, 5.74) is 7.95. The molecule has 0 radical (unpaired) electrons. The largest absolute Gasteiger partial charge is 0.370 e. The molecule has 0 unspecified atom stereocenters. The van der Waals surface area contributed by atoms with Gasteiger partial charge in [-0.3, -0.25) is 14.4 Å². The molecule has 7 heteroatoms. The molecule has 4 N–H and O–H groups in total. The summed E-state index contributed by atoms with van der Waals surface area (Å²) in [4.78, 5) is 38.0. The highest BCUT2D eigenvalue weighted by Crippen LogP contribution is 2.30. The van der Waals surface area contributed by atoms with Crippen molar-refractivity contribution in [1.82, 2.24) is 5.32 Å². The van der Waals surface area contributed by atoms with E-state index in [0.717, 1.165) is 37.2 Å². The Bertz CT molecular complexity index is 861. The molecule has 1 fully saturated rings. The molecule has 7 nitrogen and oxygen atoms in total. The molecule has 1 aliphatic rings.